The lowest BCUT2D eigenvalue weighted by Crippen LogP contribution is -2.55. The SMILES string of the molecule is CCN(/[N+]([O-])=N\OC1CN(C(=O)OC(C)(C)C)C1)C(C)(C)C. The number of rotatable bonds is 4. The lowest BCUT2D eigenvalue weighted by atomic mass is 10.1. The first-order valence-electron chi connectivity index (χ1n) is 7.53. The van der Waals surface area contributed by atoms with Gasteiger partial charge in [-0.1, -0.05) is 0 Å². The van der Waals surface area contributed by atoms with Crippen molar-refractivity contribution in [1.29, 1.82) is 0 Å². The summed E-state index contributed by atoms with van der Waals surface area (Å²) in [6.07, 6.45) is -0.654. The predicted octanol–water partition coefficient (Wildman–Crippen LogP) is 2.54. The maximum absolute atomic E-state index is 11.9. The normalized spacial score (nSPS) is 17.0. The van der Waals surface area contributed by atoms with E-state index in [1.807, 2.05) is 48.5 Å². The van der Waals surface area contributed by atoms with Gasteiger partial charge in [-0.3, -0.25) is 0 Å². The summed E-state index contributed by atoms with van der Waals surface area (Å²) in [5, 5.41) is 17.0. The standard InChI is InChI=1S/C14H28N4O4/c1-8-17(13(2,3)4)18(20)15-22-11-9-16(10-11)12(19)21-14(5,6)7/h11H,8-10H2,1-7H3/b18-15+. The number of nitrogens with zero attached hydrogens (tertiary/aromatic N) is 4. The van der Waals surface area contributed by atoms with Crippen molar-refractivity contribution < 1.29 is 19.3 Å². The number of carbonyl (C=O) groups is 1. The van der Waals surface area contributed by atoms with Gasteiger partial charge in [-0.05, 0) is 48.5 Å². The van der Waals surface area contributed by atoms with Crippen molar-refractivity contribution >= 4 is 6.09 Å². The van der Waals surface area contributed by atoms with Gasteiger partial charge in [-0.2, -0.15) is 0 Å². The molecular formula is C14H28N4O4. The third kappa shape index (κ3) is 5.23. The summed E-state index contributed by atoms with van der Waals surface area (Å²) in [6, 6.07) is 0. The Bertz CT molecular complexity index is 420. The number of carbonyl (C=O) groups excluding carboxylic acids is 1. The lowest BCUT2D eigenvalue weighted by Gasteiger charge is -2.37. The molecule has 0 aliphatic carbocycles. The summed E-state index contributed by atoms with van der Waals surface area (Å²) in [7, 11) is 0. The van der Waals surface area contributed by atoms with Gasteiger partial charge in [-0.25, -0.2) is 4.79 Å². The van der Waals surface area contributed by atoms with Gasteiger partial charge < -0.3 is 19.7 Å². The Morgan fingerprint density at radius 2 is 1.86 bits per heavy atom. The van der Waals surface area contributed by atoms with E-state index in [-0.39, 0.29) is 17.7 Å². The smallest absolute Gasteiger partial charge is 0.410 e. The number of ether oxygens (including phenoxy) is 1. The number of likely N-dealkylation sites (tertiary alicyclic amines) is 1. The van der Waals surface area contributed by atoms with E-state index in [1.165, 1.54) is 9.91 Å². The molecule has 0 saturated carbocycles. The van der Waals surface area contributed by atoms with E-state index < -0.39 is 5.60 Å². The molecule has 1 aliphatic heterocycles. The zero-order valence-electron chi connectivity index (χ0n) is 14.6. The van der Waals surface area contributed by atoms with E-state index in [9.17, 15) is 10.0 Å². The average molecular weight is 316 g/mol. The highest BCUT2D eigenvalue weighted by Crippen LogP contribution is 2.18. The molecule has 1 aliphatic rings. The molecule has 8 heteroatoms. The first kappa shape index (κ1) is 18.3. The minimum Gasteiger partial charge on any atom is -0.569 e. The second-order valence-corrected chi connectivity index (χ2v) is 7.33. The van der Waals surface area contributed by atoms with Crippen molar-refractivity contribution in [3.05, 3.63) is 5.21 Å². The quantitative estimate of drug-likeness (QED) is 0.452. The number of amides is 1. The molecule has 1 amide bonds. The highest BCUT2D eigenvalue weighted by molar-refractivity contribution is 5.69. The van der Waals surface area contributed by atoms with Gasteiger partial charge in [0, 0.05) is 0 Å². The van der Waals surface area contributed by atoms with Crippen LogP contribution in [0.4, 0.5) is 4.79 Å². The lowest BCUT2D eigenvalue weighted by molar-refractivity contribution is -0.726. The molecule has 128 valence electrons. The van der Waals surface area contributed by atoms with Gasteiger partial charge >= 0.3 is 6.09 Å². The Morgan fingerprint density at radius 1 is 1.32 bits per heavy atom. The van der Waals surface area contributed by atoms with E-state index >= 15 is 0 Å². The molecular weight excluding hydrogens is 288 g/mol. The fraction of sp³-hybridized carbons (Fsp3) is 0.929. The van der Waals surface area contributed by atoms with Crippen molar-refractivity contribution in [3.63, 3.8) is 0 Å². The molecule has 0 N–H and O–H groups in total. The largest absolute Gasteiger partial charge is 0.569 e. The second kappa shape index (κ2) is 6.58. The second-order valence-electron chi connectivity index (χ2n) is 7.33. The highest BCUT2D eigenvalue weighted by atomic mass is 16.7. The van der Waals surface area contributed by atoms with Crippen molar-refractivity contribution in [2.24, 2.45) is 5.28 Å². The molecule has 1 saturated heterocycles. The number of hydrogen-bond donors (Lipinski definition) is 0. The Hall–Kier alpha value is -1.73. The molecule has 1 fully saturated rings. The molecule has 0 spiro atoms. The fourth-order valence-corrected chi connectivity index (χ4v) is 1.98. The van der Waals surface area contributed by atoms with Crippen LogP contribution in [0, 0.1) is 5.21 Å². The minimum absolute atomic E-state index is 0.275. The van der Waals surface area contributed by atoms with Crippen molar-refractivity contribution in [1.82, 2.24) is 9.91 Å². The van der Waals surface area contributed by atoms with Crippen LogP contribution in [-0.2, 0) is 9.57 Å². The molecule has 0 radical (unpaired) electrons. The van der Waals surface area contributed by atoms with Gasteiger partial charge in [0.25, 0.3) is 0 Å². The fourth-order valence-electron chi connectivity index (χ4n) is 1.98. The van der Waals surface area contributed by atoms with Crippen LogP contribution in [-0.4, -0.2) is 57.8 Å². The Balaban J connectivity index is 2.43. The molecule has 8 nitrogen and oxygen atoms in total. The zero-order valence-corrected chi connectivity index (χ0v) is 14.6. The average Bonchev–Trinajstić information content (AvgIpc) is 2.22. The summed E-state index contributed by atoms with van der Waals surface area (Å²) in [4.78, 5) is 18.9. The van der Waals surface area contributed by atoms with Crippen LogP contribution in [0.25, 0.3) is 0 Å². The van der Waals surface area contributed by atoms with Crippen LogP contribution in [0.2, 0.25) is 0 Å². The zero-order chi connectivity index (χ0) is 17.1. The van der Waals surface area contributed by atoms with E-state index in [0.29, 0.717) is 24.6 Å². The van der Waals surface area contributed by atoms with E-state index in [1.54, 1.807) is 0 Å². The van der Waals surface area contributed by atoms with E-state index in [4.69, 9.17) is 9.57 Å². The van der Waals surface area contributed by atoms with Crippen LogP contribution in [0.15, 0.2) is 5.28 Å². The molecule has 0 aromatic rings. The summed E-state index contributed by atoms with van der Waals surface area (Å²) in [6.45, 7) is 14.3. The van der Waals surface area contributed by atoms with Crippen LogP contribution < -0.4 is 0 Å². The number of hydrazine groups is 1. The molecule has 0 bridgehead atoms. The molecule has 22 heavy (non-hydrogen) atoms. The van der Waals surface area contributed by atoms with Crippen molar-refractivity contribution in [2.75, 3.05) is 19.6 Å². The van der Waals surface area contributed by atoms with Crippen LogP contribution in [0.1, 0.15) is 48.5 Å². The van der Waals surface area contributed by atoms with Gasteiger partial charge in [0.2, 0.25) is 5.28 Å². The Morgan fingerprint density at radius 3 is 2.27 bits per heavy atom. The van der Waals surface area contributed by atoms with Gasteiger partial charge in [0.15, 0.2) is 6.10 Å². The topological polar surface area (TPSA) is 80.4 Å². The van der Waals surface area contributed by atoms with Crippen LogP contribution >= 0.6 is 0 Å². The summed E-state index contributed by atoms with van der Waals surface area (Å²) in [5.74, 6) is 0. The molecule has 0 aromatic heterocycles. The summed E-state index contributed by atoms with van der Waals surface area (Å²) in [5.41, 5.74) is -0.862. The third-order valence-electron chi connectivity index (χ3n) is 3.05. The number of hydrogen-bond acceptors (Lipinski definition) is 5. The van der Waals surface area contributed by atoms with Gasteiger partial charge in [0.05, 0.1) is 30.1 Å². The van der Waals surface area contributed by atoms with Crippen molar-refractivity contribution in [2.45, 2.75) is 65.7 Å². The first-order chi connectivity index (χ1) is 9.94. The maximum atomic E-state index is 11.9. The third-order valence-corrected chi connectivity index (χ3v) is 3.05. The monoisotopic (exact) mass is 316 g/mol. The summed E-state index contributed by atoms with van der Waals surface area (Å²) >= 11 is 0. The molecule has 0 unspecified atom stereocenters. The molecule has 0 aromatic carbocycles. The first-order valence-corrected chi connectivity index (χ1v) is 7.53. The van der Waals surface area contributed by atoms with E-state index in [2.05, 4.69) is 5.28 Å². The Labute approximate surface area is 132 Å². The van der Waals surface area contributed by atoms with E-state index in [0.717, 1.165) is 0 Å². The molecule has 1 heterocycles. The highest BCUT2D eigenvalue weighted by Gasteiger charge is 2.36. The minimum atomic E-state index is -0.520. The maximum Gasteiger partial charge on any atom is 0.410 e. The Kier molecular flexibility index (Phi) is 5.48. The predicted molar refractivity (Wildman–Crippen MR) is 80.9 cm³/mol. The van der Waals surface area contributed by atoms with Gasteiger partial charge in [-0.15, -0.1) is 5.01 Å². The summed E-state index contributed by atoms with van der Waals surface area (Å²) < 4.78 is 5.24. The molecule has 0 atom stereocenters. The van der Waals surface area contributed by atoms with Gasteiger partial charge in [0.1, 0.15) is 5.60 Å². The van der Waals surface area contributed by atoms with Crippen molar-refractivity contribution in [3.8, 4) is 0 Å². The van der Waals surface area contributed by atoms with Crippen LogP contribution in [0.5, 0.6) is 0 Å². The molecule has 1 rings (SSSR count). The van der Waals surface area contributed by atoms with Crippen LogP contribution in [0.3, 0.4) is 0 Å².